The number of hydrogen-bond acceptors (Lipinski definition) is 2. The third-order valence-corrected chi connectivity index (χ3v) is 2.07. The largest absolute Gasteiger partial charge is 0.444 e. The summed E-state index contributed by atoms with van der Waals surface area (Å²) < 4.78 is 6.76. The fourth-order valence-electron chi connectivity index (χ4n) is 1.02. The Morgan fingerprint density at radius 1 is 1.47 bits per heavy atom. The van der Waals surface area contributed by atoms with Gasteiger partial charge in [0.15, 0.2) is 0 Å². The minimum atomic E-state index is -0.501. The van der Waals surface area contributed by atoms with Crippen LogP contribution in [0.5, 0.6) is 0 Å². The lowest BCUT2D eigenvalue weighted by molar-refractivity contribution is 0.0635. The maximum Gasteiger partial charge on any atom is 0.413 e. The average molecular weight is 231 g/mol. The zero-order chi connectivity index (χ0) is 11.6. The molecule has 0 spiro atoms. The van der Waals surface area contributed by atoms with Gasteiger partial charge in [-0.25, -0.2) is 4.79 Å². The molecule has 1 aromatic rings. The number of amides is 1. The lowest BCUT2D eigenvalue weighted by Gasteiger charge is -2.19. The zero-order valence-corrected chi connectivity index (χ0v) is 10.1. The molecule has 0 atom stereocenters. The predicted octanol–water partition coefficient (Wildman–Crippen LogP) is 3.03. The summed E-state index contributed by atoms with van der Waals surface area (Å²) in [6.07, 6.45) is -0.486. The summed E-state index contributed by atoms with van der Waals surface area (Å²) in [4.78, 5) is 11.4. The van der Waals surface area contributed by atoms with E-state index >= 15 is 0 Å². The molecule has 4 nitrogen and oxygen atoms in total. The van der Waals surface area contributed by atoms with E-state index in [1.807, 2.05) is 20.8 Å². The molecule has 1 rings (SSSR count). The summed E-state index contributed by atoms with van der Waals surface area (Å²) in [6.45, 7) is 5.43. The first-order valence-electron chi connectivity index (χ1n) is 4.61. The Hall–Kier alpha value is -1.16. The molecule has 1 heterocycles. The number of anilines is 1. The van der Waals surface area contributed by atoms with E-state index in [-0.39, 0.29) is 0 Å². The molecule has 1 aromatic heterocycles. The molecule has 0 aromatic carbocycles. The number of ether oxygens (including phenoxy) is 1. The van der Waals surface area contributed by atoms with Crippen molar-refractivity contribution in [1.29, 1.82) is 0 Å². The highest BCUT2D eigenvalue weighted by Gasteiger charge is 2.17. The molecule has 15 heavy (non-hydrogen) atoms. The van der Waals surface area contributed by atoms with Gasteiger partial charge in [-0.15, -0.1) is 0 Å². The van der Waals surface area contributed by atoms with Crippen molar-refractivity contribution in [2.75, 3.05) is 5.32 Å². The van der Waals surface area contributed by atoms with Crippen LogP contribution in [-0.2, 0) is 11.8 Å². The maximum absolute atomic E-state index is 11.4. The van der Waals surface area contributed by atoms with E-state index in [0.717, 1.165) is 0 Å². The number of halogens is 1. The van der Waals surface area contributed by atoms with Gasteiger partial charge in [0.05, 0.1) is 0 Å². The Morgan fingerprint density at radius 3 is 2.47 bits per heavy atom. The summed E-state index contributed by atoms with van der Waals surface area (Å²) >= 11 is 5.82. The van der Waals surface area contributed by atoms with Gasteiger partial charge in [0, 0.05) is 7.05 Å². The lowest BCUT2D eigenvalue weighted by Crippen LogP contribution is -2.27. The Kier molecular flexibility index (Phi) is 3.29. The first-order chi connectivity index (χ1) is 6.79. The SMILES string of the molecule is Cn1c(Cl)ccc1NC(=O)OC(C)(C)C. The molecular formula is C10H15ClN2O2. The standard InChI is InChI=1S/C10H15ClN2O2/c1-10(2,3)15-9(14)12-8-6-5-7(11)13(8)4/h5-6H,1-4H3,(H,12,14). The highest BCUT2D eigenvalue weighted by Crippen LogP contribution is 2.18. The van der Waals surface area contributed by atoms with E-state index in [0.29, 0.717) is 11.0 Å². The van der Waals surface area contributed by atoms with Crippen LogP contribution in [0.4, 0.5) is 10.6 Å². The topological polar surface area (TPSA) is 43.3 Å². The highest BCUT2D eigenvalue weighted by molar-refractivity contribution is 6.30. The molecule has 0 fully saturated rings. The minimum absolute atomic E-state index is 0.486. The molecule has 0 aliphatic rings. The molecule has 0 saturated heterocycles. The molecule has 1 N–H and O–H groups in total. The second-order valence-corrected chi connectivity index (χ2v) is 4.61. The van der Waals surface area contributed by atoms with Crippen molar-refractivity contribution in [3.8, 4) is 0 Å². The quantitative estimate of drug-likeness (QED) is 0.806. The lowest BCUT2D eigenvalue weighted by atomic mass is 10.2. The van der Waals surface area contributed by atoms with Crippen molar-refractivity contribution in [2.45, 2.75) is 26.4 Å². The van der Waals surface area contributed by atoms with Gasteiger partial charge in [-0.1, -0.05) is 11.6 Å². The average Bonchev–Trinajstić information content (AvgIpc) is 2.32. The number of carbonyl (C=O) groups excluding carboxylic acids is 1. The van der Waals surface area contributed by atoms with Crippen LogP contribution in [0.2, 0.25) is 5.15 Å². The summed E-state index contributed by atoms with van der Waals surface area (Å²) in [6, 6.07) is 3.42. The van der Waals surface area contributed by atoms with E-state index in [2.05, 4.69) is 5.32 Å². The van der Waals surface area contributed by atoms with Gasteiger partial charge in [0.1, 0.15) is 16.6 Å². The Balaban J connectivity index is 2.63. The van der Waals surface area contributed by atoms with Gasteiger partial charge in [0.25, 0.3) is 0 Å². The molecule has 0 saturated carbocycles. The monoisotopic (exact) mass is 230 g/mol. The van der Waals surface area contributed by atoms with E-state index in [1.54, 1.807) is 23.7 Å². The van der Waals surface area contributed by atoms with Crippen LogP contribution < -0.4 is 5.32 Å². The molecule has 0 unspecified atom stereocenters. The minimum Gasteiger partial charge on any atom is -0.444 e. The molecule has 84 valence electrons. The summed E-state index contributed by atoms with van der Waals surface area (Å²) in [5.74, 6) is 0.606. The third kappa shape index (κ3) is 3.47. The number of nitrogens with zero attached hydrogens (tertiary/aromatic N) is 1. The van der Waals surface area contributed by atoms with Gasteiger partial charge in [-0.05, 0) is 32.9 Å². The third-order valence-electron chi connectivity index (χ3n) is 1.69. The van der Waals surface area contributed by atoms with Crippen LogP contribution in [0, 0.1) is 0 Å². The number of aromatic nitrogens is 1. The fourth-order valence-corrected chi connectivity index (χ4v) is 1.17. The van der Waals surface area contributed by atoms with Gasteiger partial charge in [-0.3, -0.25) is 5.32 Å². The summed E-state index contributed by atoms with van der Waals surface area (Å²) in [5.41, 5.74) is -0.501. The number of hydrogen-bond donors (Lipinski definition) is 1. The van der Waals surface area contributed by atoms with E-state index in [9.17, 15) is 4.79 Å². The van der Waals surface area contributed by atoms with Crippen LogP contribution in [0.3, 0.4) is 0 Å². The number of nitrogens with one attached hydrogen (secondary N) is 1. The summed E-state index contributed by atoms with van der Waals surface area (Å²) in [7, 11) is 1.76. The van der Waals surface area contributed by atoms with Crippen LogP contribution in [0.25, 0.3) is 0 Å². The van der Waals surface area contributed by atoms with Crippen molar-refractivity contribution < 1.29 is 9.53 Å². The predicted molar refractivity (Wildman–Crippen MR) is 60.3 cm³/mol. The van der Waals surface area contributed by atoms with Gasteiger partial charge >= 0.3 is 6.09 Å². The summed E-state index contributed by atoms with van der Waals surface area (Å²) in [5, 5.41) is 3.16. The van der Waals surface area contributed by atoms with Crippen molar-refractivity contribution >= 4 is 23.5 Å². The maximum atomic E-state index is 11.4. The molecule has 0 bridgehead atoms. The molecule has 5 heteroatoms. The van der Waals surface area contributed by atoms with E-state index < -0.39 is 11.7 Å². The molecule has 0 aliphatic heterocycles. The van der Waals surface area contributed by atoms with Crippen molar-refractivity contribution in [3.63, 3.8) is 0 Å². The van der Waals surface area contributed by atoms with Crippen molar-refractivity contribution in [2.24, 2.45) is 7.05 Å². The highest BCUT2D eigenvalue weighted by atomic mass is 35.5. The number of carbonyl (C=O) groups is 1. The van der Waals surface area contributed by atoms with Gasteiger partial charge in [0.2, 0.25) is 0 Å². The second-order valence-electron chi connectivity index (χ2n) is 4.23. The first kappa shape index (κ1) is 11.9. The Morgan fingerprint density at radius 2 is 2.07 bits per heavy atom. The second kappa shape index (κ2) is 4.14. The molecule has 1 amide bonds. The van der Waals surface area contributed by atoms with Crippen molar-refractivity contribution in [3.05, 3.63) is 17.3 Å². The number of rotatable bonds is 1. The van der Waals surface area contributed by atoms with E-state index in [4.69, 9.17) is 16.3 Å². The zero-order valence-electron chi connectivity index (χ0n) is 9.30. The van der Waals surface area contributed by atoms with Crippen LogP contribution in [0.15, 0.2) is 12.1 Å². The molecule has 0 radical (unpaired) electrons. The van der Waals surface area contributed by atoms with Gasteiger partial charge < -0.3 is 9.30 Å². The van der Waals surface area contributed by atoms with Crippen LogP contribution in [0.1, 0.15) is 20.8 Å². The normalized spacial score (nSPS) is 11.3. The smallest absolute Gasteiger partial charge is 0.413 e. The first-order valence-corrected chi connectivity index (χ1v) is 4.98. The van der Waals surface area contributed by atoms with Crippen LogP contribution in [-0.4, -0.2) is 16.3 Å². The van der Waals surface area contributed by atoms with Gasteiger partial charge in [-0.2, -0.15) is 0 Å². The Bertz CT molecular complexity index is 366. The fraction of sp³-hybridized carbons (Fsp3) is 0.500. The van der Waals surface area contributed by atoms with Crippen molar-refractivity contribution in [1.82, 2.24) is 4.57 Å². The van der Waals surface area contributed by atoms with E-state index in [1.165, 1.54) is 0 Å². The molecule has 0 aliphatic carbocycles. The Labute approximate surface area is 94.2 Å². The van der Waals surface area contributed by atoms with Crippen LogP contribution >= 0.6 is 11.6 Å². The molecular weight excluding hydrogens is 216 g/mol.